The summed E-state index contributed by atoms with van der Waals surface area (Å²) in [6.07, 6.45) is 12.6. The van der Waals surface area contributed by atoms with Crippen LogP contribution in [0.15, 0.2) is 72.3 Å². The lowest BCUT2D eigenvalue weighted by atomic mass is 9.79. The zero-order valence-corrected chi connectivity index (χ0v) is 16.7. The van der Waals surface area contributed by atoms with Crippen LogP contribution in [-0.4, -0.2) is 53.0 Å². The van der Waals surface area contributed by atoms with Crippen LogP contribution in [-0.2, 0) is 20.7 Å². The highest BCUT2D eigenvalue weighted by Crippen LogP contribution is 2.10. The number of carbonyl (C=O) groups excluding carboxylic acids is 3. The molecule has 0 saturated carbocycles. The van der Waals surface area contributed by atoms with Gasteiger partial charge in [0.2, 0.25) is 0 Å². The molecule has 156 valence electrons. The minimum absolute atomic E-state index is 0.0245. The van der Waals surface area contributed by atoms with E-state index in [2.05, 4.69) is 0 Å². The van der Waals surface area contributed by atoms with Crippen LogP contribution in [0.3, 0.4) is 0 Å². The van der Waals surface area contributed by atoms with Gasteiger partial charge < -0.3 is 14.8 Å². The molecule has 7 nitrogen and oxygen atoms in total. The normalized spacial score (nSPS) is 14.4. The van der Waals surface area contributed by atoms with Crippen molar-refractivity contribution in [2.24, 2.45) is 0 Å². The molecule has 0 aromatic heterocycles. The smallest absolute Gasteiger partial charge is 0.460 e. The maximum absolute atomic E-state index is 12.2. The van der Waals surface area contributed by atoms with Crippen LogP contribution in [0.2, 0.25) is 0 Å². The monoisotopic (exact) mass is 409 g/mol. The van der Waals surface area contributed by atoms with E-state index in [0.717, 1.165) is 16.9 Å². The predicted octanol–water partition coefficient (Wildman–Crippen LogP) is 1.77. The number of nitrogens with zero attached hydrogens (tertiary/aromatic N) is 1. The number of hydrogen-bond acceptors (Lipinski definition) is 6. The van der Waals surface area contributed by atoms with Crippen LogP contribution in [0.25, 0.3) is 0 Å². The summed E-state index contributed by atoms with van der Waals surface area (Å²) >= 11 is 0. The number of ether oxygens (including phenoxy) is 1. The molecule has 8 heteroatoms. The third-order valence-corrected chi connectivity index (χ3v) is 4.38. The number of allylic oxidation sites excluding steroid dienone is 6. The third-order valence-electron chi connectivity index (χ3n) is 4.38. The molecule has 0 aliphatic carbocycles. The summed E-state index contributed by atoms with van der Waals surface area (Å²) in [4.78, 5) is 36.1. The second kappa shape index (κ2) is 11.7. The first-order valence-corrected chi connectivity index (χ1v) is 9.57. The van der Waals surface area contributed by atoms with Crippen LogP contribution in [0.1, 0.15) is 29.3 Å². The number of hydrogen-bond donors (Lipinski definition) is 2. The van der Waals surface area contributed by atoms with E-state index in [4.69, 9.17) is 14.8 Å². The first kappa shape index (κ1) is 23.1. The molecule has 2 amide bonds. The minimum atomic E-state index is -1.49. The van der Waals surface area contributed by atoms with Crippen molar-refractivity contribution in [3.63, 3.8) is 0 Å². The van der Waals surface area contributed by atoms with E-state index in [1.165, 1.54) is 12.2 Å². The van der Waals surface area contributed by atoms with E-state index in [0.29, 0.717) is 17.5 Å². The van der Waals surface area contributed by atoms with Crippen molar-refractivity contribution in [3.05, 3.63) is 83.4 Å². The van der Waals surface area contributed by atoms with Gasteiger partial charge in [0.1, 0.15) is 6.61 Å². The average molecular weight is 409 g/mol. The Balaban J connectivity index is 1.79. The van der Waals surface area contributed by atoms with Crippen LogP contribution in [0.4, 0.5) is 0 Å². The lowest BCUT2D eigenvalue weighted by Crippen LogP contribution is -2.33. The number of amides is 2. The summed E-state index contributed by atoms with van der Waals surface area (Å²) in [6.45, 7) is 1.69. The highest BCUT2D eigenvalue weighted by atomic mass is 16.5. The molecular weight excluding hydrogens is 385 g/mol. The van der Waals surface area contributed by atoms with Gasteiger partial charge in [-0.25, -0.2) is 4.79 Å². The van der Waals surface area contributed by atoms with Crippen molar-refractivity contribution < 1.29 is 29.2 Å². The Bertz CT molecular complexity index is 883. The van der Waals surface area contributed by atoms with Crippen molar-refractivity contribution >= 4 is 24.9 Å². The number of rotatable bonds is 10. The second-order valence-corrected chi connectivity index (χ2v) is 6.49. The fourth-order valence-electron chi connectivity index (χ4n) is 2.74. The molecule has 1 heterocycles. The van der Waals surface area contributed by atoms with Gasteiger partial charge in [0.05, 0.1) is 12.1 Å². The van der Waals surface area contributed by atoms with E-state index in [1.54, 1.807) is 43.4 Å². The molecule has 2 N–H and O–H groups in total. The fraction of sp³-hybridized carbons (Fsp3) is 0.227. The number of esters is 1. The molecule has 0 saturated heterocycles. The van der Waals surface area contributed by atoms with E-state index in [-0.39, 0.29) is 13.2 Å². The molecule has 1 aliphatic rings. The molecule has 0 unspecified atom stereocenters. The first-order chi connectivity index (χ1) is 14.4. The van der Waals surface area contributed by atoms with E-state index < -0.39 is 24.9 Å². The van der Waals surface area contributed by atoms with Crippen molar-refractivity contribution in [2.75, 3.05) is 13.2 Å². The Morgan fingerprint density at radius 1 is 1.17 bits per heavy atom. The summed E-state index contributed by atoms with van der Waals surface area (Å²) in [5, 5.41) is 18.2. The summed E-state index contributed by atoms with van der Waals surface area (Å²) in [7, 11) is -1.49. The van der Waals surface area contributed by atoms with Gasteiger partial charge >= 0.3 is 13.1 Å². The van der Waals surface area contributed by atoms with Gasteiger partial charge in [0, 0.05) is 12.2 Å². The van der Waals surface area contributed by atoms with Crippen molar-refractivity contribution in [2.45, 2.75) is 19.8 Å². The second-order valence-electron chi connectivity index (χ2n) is 6.49. The highest BCUT2D eigenvalue weighted by molar-refractivity contribution is 6.51. The van der Waals surface area contributed by atoms with Gasteiger partial charge in [-0.1, -0.05) is 42.5 Å². The van der Waals surface area contributed by atoms with Crippen molar-refractivity contribution in [3.8, 4) is 0 Å². The first-order valence-electron chi connectivity index (χ1n) is 9.57. The Morgan fingerprint density at radius 3 is 2.57 bits per heavy atom. The van der Waals surface area contributed by atoms with Gasteiger partial charge in [0.25, 0.3) is 11.8 Å². The lowest BCUT2D eigenvalue weighted by Gasteiger charge is -2.13. The number of benzene rings is 1. The third kappa shape index (κ3) is 6.99. The standard InChI is InChI=1S/C22H24BNO6/c1-2-19(23(28)29)11-6-4-3-5-8-17-9-7-10-18(16-17)22(27)30-15-14-24-20(25)12-13-21(24)26/h2-4,6-7,9-13,16,28-29H,5,8,14-15H2,1H3/b4-3+,11-6-,19-2+. The van der Waals surface area contributed by atoms with Crippen molar-refractivity contribution in [1.29, 1.82) is 0 Å². The van der Waals surface area contributed by atoms with Gasteiger partial charge in [0.15, 0.2) is 0 Å². The lowest BCUT2D eigenvalue weighted by molar-refractivity contribution is -0.137. The van der Waals surface area contributed by atoms with Gasteiger partial charge in [-0.15, -0.1) is 0 Å². The minimum Gasteiger partial charge on any atom is -0.460 e. The van der Waals surface area contributed by atoms with Crippen LogP contribution in [0.5, 0.6) is 0 Å². The molecule has 2 rings (SSSR count). The zero-order chi connectivity index (χ0) is 21.9. The Kier molecular flexibility index (Phi) is 8.99. The number of imide groups is 1. The summed E-state index contributed by atoms with van der Waals surface area (Å²) in [5.74, 6) is -1.32. The number of carbonyl (C=O) groups is 3. The molecule has 0 bridgehead atoms. The highest BCUT2D eigenvalue weighted by Gasteiger charge is 2.23. The molecule has 0 spiro atoms. The predicted molar refractivity (Wildman–Crippen MR) is 113 cm³/mol. The van der Waals surface area contributed by atoms with Gasteiger partial charge in [-0.2, -0.15) is 0 Å². The molecule has 0 radical (unpaired) electrons. The van der Waals surface area contributed by atoms with Gasteiger partial charge in [-0.3, -0.25) is 14.5 Å². The van der Waals surface area contributed by atoms with Crippen LogP contribution >= 0.6 is 0 Å². The van der Waals surface area contributed by atoms with E-state index in [9.17, 15) is 14.4 Å². The molecule has 1 aliphatic heterocycles. The number of aryl methyl sites for hydroxylation is 1. The maximum atomic E-state index is 12.2. The molecule has 1 aromatic rings. The molecule has 1 aromatic carbocycles. The molecule has 0 fully saturated rings. The topological polar surface area (TPSA) is 104 Å². The summed E-state index contributed by atoms with van der Waals surface area (Å²) in [5.41, 5.74) is 1.79. The van der Waals surface area contributed by atoms with Crippen LogP contribution < -0.4 is 0 Å². The Morgan fingerprint density at radius 2 is 1.90 bits per heavy atom. The largest absolute Gasteiger partial charge is 0.488 e. The van der Waals surface area contributed by atoms with Gasteiger partial charge in [-0.05, 0) is 42.9 Å². The summed E-state index contributed by atoms with van der Waals surface area (Å²) in [6, 6.07) is 7.08. The SMILES string of the molecule is C\C=C(/C=C\C=C\CCc1cccc(C(=O)OCCN2C(=O)C=CC2=O)c1)B(O)O. The fourth-order valence-corrected chi connectivity index (χ4v) is 2.74. The maximum Gasteiger partial charge on any atom is 0.488 e. The van der Waals surface area contributed by atoms with Crippen LogP contribution in [0, 0.1) is 0 Å². The van der Waals surface area contributed by atoms with Crippen molar-refractivity contribution in [1.82, 2.24) is 4.90 Å². The van der Waals surface area contributed by atoms with E-state index in [1.807, 2.05) is 18.2 Å². The molecule has 30 heavy (non-hydrogen) atoms. The summed E-state index contributed by atoms with van der Waals surface area (Å²) < 4.78 is 5.17. The van der Waals surface area contributed by atoms with E-state index >= 15 is 0 Å². The Labute approximate surface area is 175 Å². The molecular formula is C22H24BNO6. The Hall–Kier alpha value is -3.23. The quantitative estimate of drug-likeness (QED) is 0.264. The molecule has 0 atom stereocenters. The zero-order valence-electron chi connectivity index (χ0n) is 16.7. The average Bonchev–Trinajstić information content (AvgIpc) is 3.05.